The maximum atomic E-state index is 12.0. The summed E-state index contributed by atoms with van der Waals surface area (Å²) in [6.07, 6.45) is 0.312. The van der Waals surface area contributed by atoms with Gasteiger partial charge in [-0.15, -0.1) is 0 Å². The zero-order chi connectivity index (χ0) is 12.8. The minimum absolute atomic E-state index is 0.0157. The van der Waals surface area contributed by atoms with Crippen LogP contribution < -0.4 is 10.1 Å². The molecular formula is C10H9BrClF2NO2. The number of amides is 1. The lowest BCUT2D eigenvalue weighted by molar-refractivity contribution is -0.115. The Kier molecular flexibility index (Phi) is 5.64. The molecule has 1 N–H and O–H groups in total. The number of carbonyl (C=O) groups excluding carboxylic acids is 1. The fourth-order valence-corrected chi connectivity index (χ4v) is 1.66. The topological polar surface area (TPSA) is 38.3 Å². The second-order valence-corrected chi connectivity index (χ2v) is 4.21. The lowest BCUT2D eigenvalue weighted by Gasteiger charge is -2.09. The van der Waals surface area contributed by atoms with Gasteiger partial charge in [-0.3, -0.25) is 4.79 Å². The van der Waals surface area contributed by atoms with Crippen molar-refractivity contribution in [1.82, 2.24) is 0 Å². The number of nitrogens with one attached hydrogen (secondary N) is 1. The van der Waals surface area contributed by atoms with E-state index in [9.17, 15) is 13.6 Å². The van der Waals surface area contributed by atoms with Gasteiger partial charge in [0, 0.05) is 17.4 Å². The molecule has 1 aromatic rings. The molecule has 17 heavy (non-hydrogen) atoms. The van der Waals surface area contributed by atoms with Gasteiger partial charge in [0.1, 0.15) is 5.75 Å². The Labute approximate surface area is 110 Å². The van der Waals surface area contributed by atoms with Crippen LogP contribution in [0.1, 0.15) is 6.42 Å². The lowest BCUT2D eigenvalue weighted by atomic mass is 10.3. The van der Waals surface area contributed by atoms with Crippen molar-refractivity contribution in [2.75, 3.05) is 10.6 Å². The van der Waals surface area contributed by atoms with Crippen molar-refractivity contribution < 1.29 is 18.3 Å². The van der Waals surface area contributed by atoms with Crippen LogP contribution in [0.25, 0.3) is 0 Å². The van der Waals surface area contributed by atoms with Gasteiger partial charge in [0.05, 0.1) is 5.02 Å². The fraction of sp³-hybridized carbons (Fsp3) is 0.300. The standard InChI is InChI=1S/C10H9BrClF2NO2/c11-4-3-9(16)15-6-1-2-8(7(12)5-6)17-10(13)14/h1-2,5,10H,3-4H2,(H,15,16). The van der Waals surface area contributed by atoms with Crippen LogP contribution in [0.2, 0.25) is 5.02 Å². The van der Waals surface area contributed by atoms with Gasteiger partial charge in [-0.05, 0) is 18.2 Å². The molecule has 0 atom stereocenters. The molecule has 0 unspecified atom stereocenters. The zero-order valence-corrected chi connectivity index (χ0v) is 10.9. The van der Waals surface area contributed by atoms with E-state index in [-0.39, 0.29) is 16.7 Å². The van der Waals surface area contributed by atoms with E-state index >= 15 is 0 Å². The van der Waals surface area contributed by atoms with Crippen LogP contribution in [0.4, 0.5) is 14.5 Å². The highest BCUT2D eigenvalue weighted by Crippen LogP contribution is 2.28. The molecule has 1 rings (SSSR count). The van der Waals surface area contributed by atoms with Crippen LogP contribution in [0.5, 0.6) is 5.75 Å². The molecule has 0 spiro atoms. The summed E-state index contributed by atoms with van der Waals surface area (Å²) >= 11 is 8.84. The van der Waals surface area contributed by atoms with Crippen LogP contribution >= 0.6 is 27.5 Å². The quantitative estimate of drug-likeness (QED) is 0.838. The minimum atomic E-state index is -2.93. The summed E-state index contributed by atoms with van der Waals surface area (Å²) in [6, 6.07) is 4.07. The molecule has 0 fully saturated rings. The minimum Gasteiger partial charge on any atom is -0.433 e. The van der Waals surface area contributed by atoms with Crippen molar-refractivity contribution in [2.45, 2.75) is 13.0 Å². The number of hydrogen-bond acceptors (Lipinski definition) is 2. The number of anilines is 1. The smallest absolute Gasteiger partial charge is 0.387 e. The summed E-state index contributed by atoms with van der Waals surface area (Å²) in [5.74, 6) is -0.319. The first-order chi connectivity index (χ1) is 8.02. The predicted octanol–water partition coefficient (Wildman–Crippen LogP) is 3.66. The highest BCUT2D eigenvalue weighted by Gasteiger charge is 2.09. The van der Waals surface area contributed by atoms with Crippen LogP contribution in [0.15, 0.2) is 18.2 Å². The van der Waals surface area contributed by atoms with Crippen LogP contribution in [-0.2, 0) is 4.79 Å². The van der Waals surface area contributed by atoms with Crippen molar-refractivity contribution in [3.05, 3.63) is 23.2 Å². The Hall–Kier alpha value is -0.880. The number of benzene rings is 1. The SMILES string of the molecule is O=C(CCBr)Nc1ccc(OC(F)F)c(Cl)c1. The summed E-state index contributed by atoms with van der Waals surface area (Å²) in [5.41, 5.74) is 0.433. The second-order valence-electron chi connectivity index (χ2n) is 3.01. The van der Waals surface area contributed by atoms with E-state index < -0.39 is 6.61 Å². The van der Waals surface area contributed by atoms with E-state index in [2.05, 4.69) is 26.0 Å². The molecule has 0 bridgehead atoms. The maximum Gasteiger partial charge on any atom is 0.387 e. The molecule has 94 valence electrons. The first-order valence-corrected chi connectivity index (χ1v) is 6.13. The van der Waals surface area contributed by atoms with Gasteiger partial charge in [0.25, 0.3) is 0 Å². The third-order valence-corrected chi connectivity index (χ3v) is 2.45. The van der Waals surface area contributed by atoms with Crippen molar-refractivity contribution in [3.8, 4) is 5.75 Å². The summed E-state index contributed by atoms with van der Waals surface area (Å²) in [5, 5.41) is 3.12. The van der Waals surface area contributed by atoms with Crippen LogP contribution in [0, 0.1) is 0 Å². The third-order valence-electron chi connectivity index (χ3n) is 1.75. The van der Waals surface area contributed by atoms with Gasteiger partial charge in [0.15, 0.2) is 0 Å². The molecule has 0 aliphatic heterocycles. The maximum absolute atomic E-state index is 12.0. The molecule has 1 amide bonds. The monoisotopic (exact) mass is 327 g/mol. The third kappa shape index (κ3) is 4.87. The highest BCUT2D eigenvalue weighted by atomic mass is 79.9. The van der Waals surface area contributed by atoms with Crippen molar-refractivity contribution >= 4 is 39.1 Å². The molecule has 0 aliphatic rings. The number of carbonyl (C=O) groups is 1. The van der Waals surface area contributed by atoms with Gasteiger partial charge in [-0.25, -0.2) is 0 Å². The van der Waals surface area contributed by atoms with Crippen molar-refractivity contribution in [1.29, 1.82) is 0 Å². The van der Waals surface area contributed by atoms with E-state index in [0.29, 0.717) is 17.4 Å². The number of hydrogen-bond donors (Lipinski definition) is 1. The van der Waals surface area contributed by atoms with Gasteiger partial charge in [-0.2, -0.15) is 8.78 Å². The molecule has 0 saturated carbocycles. The van der Waals surface area contributed by atoms with E-state index in [1.54, 1.807) is 0 Å². The van der Waals surface area contributed by atoms with E-state index in [1.807, 2.05) is 0 Å². The van der Waals surface area contributed by atoms with Crippen LogP contribution in [0.3, 0.4) is 0 Å². The molecule has 1 aromatic carbocycles. The Balaban J connectivity index is 2.71. The van der Waals surface area contributed by atoms with Gasteiger partial charge in [0.2, 0.25) is 5.91 Å². The summed E-state index contributed by atoms with van der Waals surface area (Å²) in [6.45, 7) is -2.93. The lowest BCUT2D eigenvalue weighted by Crippen LogP contribution is -2.11. The van der Waals surface area contributed by atoms with Gasteiger partial charge >= 0.3 is 6.61 Å². The number of ether oxygens (including phenoxy) is 1. The van der Waals surface area contributed by atoms with Crippen molar-refractivity contribution in [3.63, 3.8) is 0 Å². The molecule has 3 nitrogen and oxygen atoms in total. The molecule has 0 radical (unpaired) electrons. The fourth-order valence-electron chi connectivity index (χ4n) is 1.08. The largest absolute Gasteiger partial charge is 0.433 e. The molecule has 7 heteroatoms. The number of halogens is 4. The van der Waals surface area contributed by atoms with Gasteiger partial charge < -0.3 is 10.1 Å². The highest BCUT2D eigenvalue weighted by molar-refractivity contribution is 9.09. The number of rotatable bonds is 5. The summed E-state index contributed by atoms with van der Waals surface area (Å²) < 4.78 is 28.1. The predicted molar refractivity (Wildman–Crippen MR) is 65.1 cm³/mol. The zero-order valence-electron chi connectivity index (χ0n) is 8.55. The Morgan fingerprint density at radius 1 is 1.53 bits per heavy atom. The number of alkyl halides is 3. The van der Waals surface area contributed by atoms with Gasteiger partial charge in [-0.1, -0.05) is 27.5 Å². The van der Waals surface area contributed by atoms with E-state index in [0.717, 1.165) is 0 Å². The first kappa shape index (κ1) is 14.2. The molecule has 0 aromatic heterocycles. The Morgan fingerprint density at radius 3 is 2.76 bits per heavy atom. The average molecular weight is 329 g/mol. The Bertz CT molecular complexity index is 404. The van der Waals surface area contributed by atoms with Crippen LogP contribution in [-0.4, -0.2) is 17.8 Å². The molecule has 0 saturated heterocycles. The molecule has 0 aliphatic carbocycles. The second kappa shape index (κ2) is 6.76. The average Bonchev–Trinajstić information content (AvgIpc) is 2.22. The normalized spacial score (nSPS) is 10.4. The molecule has 0 heterocycles. The van der Waals surface area contributed by atoms with E-state index in [4.69, 9.17) is 11.6 Å². The summed E-state index contributed by atoms with van der Waals surface area (Å²) in [7, 11) is 0. The summed E-state index contributed by atoms with van der Waals surface area (Å²) in [4.78, 5) is 11.3. The van der Waals surface area contributed by atoms with E-state index in [1.165, 1.54) is 18.2 Å². The van der Waals surface area contributed by atoms with Crippen molar-refractivity contribution in [2.24, 2.45) is 0 Å². The first-order valence-electron chi connectivity index (χ1n) is 4.63. The molecular weight excluding hydrogens is 319 g/mol. The Morgan fingerprint density at radius 2 is 2.24 bits per heavy atom.